The van der Waals surface area contributed by atoms with Crippen molar-refractivity contribution < 1.29 is 19.7 Å². The summed E-state index contributed by atoms with van der Waals surface area (Å²) < 4.78 is 5.57. The van der Waals surface area contributed by atoms with Gasteiger partial charge in [0.2, 0.25) is 0 Å². The van der Waals surface area contributed by atoms with Gasteiger partial charge in [0.15, 0.2) is 0 Å². The lowest BCUT2D eigenvalue weighted by Crippen LogP contribution is -2.49. The van der Waals surface area contributed by atoms with Gasteiger partial charge < -0.3 is 14.9 Å². The van der Waals surface area contributed by atoms with Gasteiger partial charge in [0.25, 0.3) is 0 Å². The summed E-state index contributed by atoms with van der Waals surface area (Å²) in [6.07, 6.45) is 12.0. The zero-order valence-electron chi connectivity index (χ0n) is 13.6. The van der Waals surface area contributed by atoms with Crippen LogP contribution in [0.15, 0.2) is 35.5 Å². The van der Waals surface area contributed by atoms with Gasteiger partial charge in [-0.25, -0.2) is 4.79 Å². The second-order valence-electron chi connectivity index (χ2n) is 6.32. The number of terminal acetylenes is 1. The fourth-order valence-corrected chi connectivity index (χ4v) is 2.77. The van der Waals surface area contributed by atoms with Crippen molar-refractivity contribution in [3.05, 3.63) is 35.5 Å². The molecule has 0 aromatic rings. The molecule has 4 nitrogen and oxygen atoms in total. The number of carboxylic acids is 1. The van der Waals surface area contributed by atoms with Crippen molar-refractivity contribution in [2.75, 3.05) is 6.61 Å². The van der Waals surface area contributed by atoms with Crippen LogP contribution < -0.4 is 0 Å². The van der Waals surface area contributed by atoms with Crippen LogP contribution >= 0.6 is 0 Å². The number of hydrogen-bond donors (Lipinski definition) is 2. The molecule has 0 fully saturated rings. The average Bonchev–Trinajstić information content (AvgIpc) is 2.39. The first kappa shape index (κ1) is 18.2. The van der Waals surface area contributed by atoms with Crippen LogP contribution in [0.1, 0.15) is 34.1 Å². The zero-order chi connectivity index (χ0) is 17.0. The van der Waals surface area contributed by atoms with Gasteiger partial charge in [0.1, 0.15) is 12.2 Å². The van der Waals surface area contributed by atoms with E-state index in [1.807, 2.05) is 26.8 Å². The first-order chi connectivity index (χ1) is 10.1. The quantitative estimate of drug-likeness (QED) is 0.355. The molecule has 0 amide bonds. The molecule has 0 saturated carbocycles. The standard InChI is InChI=1S/C18H24O4/c1-6-9-22-15-11-14(3)18(21,17(4,5)12-15)8-7-13(2)10-16(19)20/h1,7-8,10-11,15,21H,9,12H2,2-5H3,(H,19,20)/b8-7+,13-10-/t15-,18-/m1/s1. The van der Waals surface area contributed by atoms with E-state index in [0.717, 1.165) is 11.6 Å². The number of allylic oxidation sites excluding steroid dienone is 2. The molecule has 120 valence electrons. The van der Waals surface area contributed by atoms with Crippen LogP contribution in [0.3, 0.4) is 0 Å². The molecule has 0 heterocycles. The lowest BCUT2D eigenvalue weighted by molar-refractivity contribution is -0.131. The molecular weight excluding hydrogens is 280 g/mol. The highest BCUT2D eigenvalue weighted by Crippen LogP contribution is 2.46. The number of ether oxygens (including phenoxy) is 1. The highest BCUT2D eigenvalue weighted by molar-refractivity contribution is 5.81. The van der Waals surface area contributed by atoms with Gasteiger partial charge in [0, 0.05) is 11.5 Å². The van der Waals surface area contributed by atoms with Crippen molar-refractivity contribution in [2.45, 2.75) is 45.8 Å². The topological polar surface area (TPSA) is 66.8 Å². The number of hydrogen-bond acceptors (Lipinski definition) is 3. The number of rotatable bonds is 5. The van der Waals surface area contributed by atoms with E-state index in [1.165, 1.54) is 0 Å². The molecule has 0 bridgehead atoms. The summed E-state index contributed by atoms with van der Waals surface area (Å²) in [7, 11) is 0. The summed E-state index contributed by atoms with van der Waals surface area (Å²) in [5.74, 6) is 1.44. The minimum Gasteiger partial charge on any atom is -0.478 e. The second kappa shape index (κ2) is 6.95. The molecule has 22 heavy (non-hydrogen) atoms. The summed E-state index contributed by atoms with van der Waals surface area (Å²) in [4.78, 5) is 10.7. The predicted octanol–water partition coefficient (Wildman–Crippen LogP) is 2.70. The van der Waals surface area contributed by atoms with Gasteiger partial charge in [-0.3, -0.25) is 0 Å². The Morgan fingerprint density at radius 3 is 2.73 bits per heavy atom. The molecule has 2 atom stereocenters. The molecule has 0 aliphatic heterocycles. The van der Waals surface area contributed by atoms with Crippen LogP contribution in [0.4, 0.5) is 0 Å². The minimum atomic E-state index is -1.16. The average molecular weight is 304 g/mol. The highest BCUT2D eigenvalue weighted by atomic mass is 16.5. The number of carboxylic acid groups (broad SMARTS) is 1. The van der Waals surface area contributed by atoms with Gasteiger partial charge in [-0.15, -0.1) is 6.42 Å². The summed E-state index contributed by atoms with van der Waals surface area (Å²) in [5, 5.41) is 19.8. The molecule has 0 radical (unpaired) electrons. The molecule has 2 N–H and O–H groups in total. The van der Waals surface area contributed by atoms with Gasteiger partial charge in [-0.2, -0.15) is 0 Å². The Bertz CT molecular complexity index is 560. The summed E-state index contributed by atoms with van der Waals surface area (Å²) in [6.45, 7) is 7.67. The lowest BCUT2D eigenvalue weighted by atomic mass is 9.64. The van der Waals surface area contributed by atoms with E-state index in [4.69, 9.17) is 16.3 Å². The molecule has 0 saturated heterocycles. The van der Waals surface area contributed by atoms with E-state index in [-0.39, 0.29) is 12.7 Å². The first-order valence-electron chi connectivity index (χ1n) is 7.19. The van der Waals surface area contributed by atoms with E-state index in [0.29, 0.717) is 12.0 Å². The fourth-order valence-electron chi connectivity index (χ4n) is 2.77. The van der Waals surface area contributed by atoms with Crippen molar-refractivity contribution in [3.63, 3.8) is 0 Å². The predicted molar refractivity (Wildman–Crippen MR) is 86.2 cm³/mol. The Labute approximate surface area is 132 Å². The second-order valence-corrected chi connectivity index (χ2v) is 6.32. The lowest BCUT2D eigenvalue weighted by Gasteiger charge is -2.46. The molecular formula is C18H24O4. The van der Waals surface area contributed by atoms with Crippen LogP contribution in [0.5, 0.6) is 0 Å². The smallest absolute Gasteiger partial charge is 0.328 e. The largest absolute Gasteiger partial charge is 0.478 e. The molecule has 0 unspecified atom stereocenters. The van der Waals surface area contributed by atoms with Crippen molar-refractivity contribution in [3.8, 4) is 12.3 Å². The van der Waals surface area contributed by atoms with E-state index < -0.39 is 17.0 Å². The van der Waals surface area contributed by atoms with Gasteiger partial charge in [-0.1, -0.05) is 31.9 Å². The monoisotopic (exact) mass is 304 g/mol. The van der Waals surface area contributed by atoms with Gasteiger partial charge in [-0.05, 0) is 37.5 Å². The molecule has 0 aromatic carbocycles. The zero-order valence-corrected chi connectivity index (χ0v) is 13.6. The maximum absolute atomic E-state index is 11.1. The third-order valence-electron chi connectivity index (χ3n) is 4.10. The Hall–Kier alpha value is -1.83. The number of aliphatic carboxylic acids is 1. The molecule has 1 rings (SSSR count). The van der Waals surface area contributed by atoms with Crippen molar-refractivity contribution in [2.24, 2.45) is 5.41 Å². The fraction of sp³-hybridized carbons (Fsp3) is 0.500. The Kier molecular flexibility index (Phi) is 5.76. The van der Waals surface area contributed by atoms with Gasteiger partial charge >= 0.3 is 5.97 Å². The number of carbonyl (C=O) groups is 1. The third kappa shape index (κ3) is 4.09. The molecule has 0 spiro atoms. The van der Waals surface area contributed by atoms with E-state index in [2.05, 4.69) is 5.92 Å². The van der Waals surface area contributed by atoms with Crippen molar-refractivity contribution in [1.29, 1.82) is 0 Å². The third-order valence-corrected chi connectivity index (χ3v) is 4.10. The Morgan fingerprint density at radius 1 is 1.59 bits per heavy atom. The normalized spacial score (nSPS) is 28.3. The summed E-state index contributed by atoms with van der Waals surface area (Å²) >= 11 is 0. The molecule has 4 heteroatoms. The minimum absolute atomic E-state index is 0.129. The molecule has 1 aliphatic carbocycles. The SMILES string of the molecule is C#CCO[C@@H]1C=C(C)[C@](O)(/C=C/C(C)=C\C(=O)O)C(C)(C)C1. The first-order valence-corrected chi connectivity index (χ1v) is 7.19. The van der Waals surface area contributed by atoms with Crippen molar-refractivity contribution in [1.82, 2.24) is 0 Å². The Morgan fingerprint density at radius 2 is 2.23 bits per heavy atom. The maximum Gasteiger partial charge on any atom is 0.328 e. The molecule has 1 aliphatic rings. The maximum atomic E-state index is 11.1. The highest BCUT2D eigenvalue weighted by Gasteiger charge is 2.47. The van der Waals surface area contributed by atoms with Crippen LogP contribution in [0, 0.1) is 17.8 Å². The Balaban J connectivity index is 3.08. The van der Waals surface area contributed by atoms with Crippen LogP contribution in [-0.2, 0) is 9.53 Å². The molecule has 0 aromatic heterocycles. The van der Waals surface area contributed by atoms with E-state index >= 15 is 0 Å². The van der Waals surface area contributed by atoms with Crippen LogP contribution in [-0.4, -0.2) is 34.5 Å². The number of aliphatic hydroxyl groups is 1. The van der Waals surface area contributed by atoms with Crippen LogP contribution in [0.2, 0.25) is 0 Å². The van der Waals surface area contributed by atoms with E-state index in [9.17, 15) is 9.90 Å². The summed E-state index contributed by atoms with van der Waals surface area (Å²) in [6, 6.07) is 0. The van der Waals surface area contributed by atoms with E-state index in [1.54, 1.807) is 19.1 Å². The summed E-state index contributed by atoms with van der Waals surface area (Å²) in [5.41, 5.74) is -0.290. The van der Waals surface area contributed by atoms with Crippen LogP contribution in [0.25, 0.3) is 0 Å². The van der Waals surface area contributed by atoms with Gasteiger partial charge in [0.05, 0.1) is 6.10 Å². The van der Waals surface area contributed by atoms with Crippen molar-refractivity contribution >= 4 is 5.97 Å².